The Bertz CT molecular complexity index is 791. The second-order valence-electron chi connectivity index (χ2n) is 7.66. The van der Waals surface area contributed by atoms with E-state index >= 15 is 0 Å². The predicted octanol–water partition coefficient (Wildman–Crippen LogP) is 3.07. The first-order chi connectivity index (χ1) is 13.1. The van der Waals surface area contributed by atoms with Crippen molar-refractivity contribution in [2.75, 3.05) is 6.54 Å². The molecule has 0 radical (unpaired) electrons. The number of alkyl halides is 3. The summed E-state index contributed by atoms with van der Waals surface area (Å²) in [4.78, 5) is 20.2. The molecule has 0 spiro atoms. The number of piperidine rings is 1. The van der Waals surface area contributed by atoms with E-state index in [4.69, 9.17) is 9.90 Å². The van der Waals surface area contributed by atoms with Crippen LogP contribution in [0.5, 0.6) is 5.75 Å². The monoisotopic (exact) mass is 401 g/mol. The van der Waals surface area contributed by atoms with Gasteiger partial charge < -0.3 is 20.6 Å². The highest BCUT2D eigenvalue weighted by atomic mass is 19.4. The van der Waals surface area contributed by atoms with Crippen molar-refractivity contribution in [3.05, 3.63) is 28.8 Å². The average molecular weight is 401 g/mol. The molecule has 0 unspecified atom stereocenters. The van der Waals surface area contributed by atoms with Crippen LogP contribution in [0, 0.1) is 5.92 Å². The summed E-state index contributed by atoms with van der Waals surface area (Å²) in [6, 6.07) is 3.94. The fraction of sp³-hybridized carbons (Fsp3) is 0.579. The number of hydrogen-bond acceptors (Lipinski definition) is 4. The van der Waals surface area contributed by atoms with E-state index in [0.29, 0.717) is 12.0 Å². The van der Waals surface area contributed by atoms with Crippen molar-refractivity contribution in [2.45, 2.75) is 56.2 Å². The SMILES string of the molecule is O=C(O)C(F)(F)F.O=C(O)c1cc2c(cc1O)[C@]13CCCC[C@@H]1[C@H](C2)NCC3. The summed E-state index contributed by atoms with van der Waals surface area (Å²) in [5, 5.41) is 30.1. The molecule has 6 nitrogen and oxygen atoms in total. The molecule has 2 bridgehead atoms. The molecular formula is C19H22F3NO5. The van der Waals surface area contributed by atoms with Crippen molar-refractivity contribution in [1.82, 2.24) is 5.32 Å². The van der Waals surface area contributed by atoms with Crippen molar-refractivity contribution in [2.24, 2.45) is 5.92 Å². The lowest BCUT2D eigenvalue weighted by Gasteiger charge is -2.56. The predicted molar refractivity (Wildman–Crippen MR) is 92.5 cm³/mol. The average Bonchev–Trinajstić information content (AvgIpc) is 2.61. The number of carboxylic acid groups (broad SMARTS) is 2. The largest absolute Gasteiger partial charge is 0.507 e. The van der Waals surface area contributed by atoms with E-state index in [1.807, 2.05) is 0 Å². The van der Waals surface area contributed by atoms with Crippen LogP contribution in [0.2, 0.25) is 0 Å². The van der Waals surface area contributed by atoms with Gasteiger partial charge in [0.25, 0.3) is 0 Å². The number of benzene rings is 1. The number of rotatable bonds is 1. The van der Waals surface area contributed by atoms with Crippen LogP contribution in [0.25, 0.3) is 0 Å². The number of aliphatic carboxylic acids is 1. The lowest BCUT2D eigenvalue weighted by molar-refractivity contribution is -0.192. The number of phenols is 1. The number of carbonyl (C=O) groups is 2. The van der Waals surface area contributed by atoms with E-state index in [1.165, 1.54) is 31.2 Å². The number of nitrogens with one attached hydrogen (secondary N) is 1. The number of fused-ring (bicyclic) bond motifs is 1. The van der Waals surface area contributed by atoms with Crippen LogP contribution < -0.4 is 5.32 Å². The van der Waals surface area contributed by atoms with Gasteiger partial charge in [0.1, 0.15) is 11.3 Å². The van der Waals surface area contributed by atoms with Crippen molar-refractivity contribution >= 4 is 11.9 Å². The minimum Gasteiger partial charge on any atom is -0.507 e. The van der Waals surface area contributed by atoms with Crippen molar-refractivity contribution in [3.8, 4) is 5.75 Å². The first-order valence-electron chi connectivity index (χ1n) is 9.19. The summed E-state index contributed by atoms with van der Waals surface area (Å²) in [6.45, 7) is 1.03. The molecule has 4 rings (SSSR count). The number of aromatic hydroxyl groups is 1. The molecule has 1 saturated heterocycles. The van der Waals surface area contributed by atoms with Gasteiger partial charge in [-0.2, -0.15) is 13.2 Å². The molecule has 3 atom stereocenters. The maximum Gasteiger partial charge on any atom is 0.490 e. The Hall–Kier alpha value is -2.29. The number of aromatic carboxylic acids is 1. The quantitative estimate of drug-likeness (QED) is 0.576. The minimum atomic E-state index is -5.08. The van der Waals surface area contributed by atoms with E-state index in [0.717, 1.165) is 24.9 Å². The summed E-state index contributed by atoms with van der Waals surface area (Å²) in [5.41, 5.74) is 2.56. The smallest absolute Gasteiger partial charge is 0.490 e. The van der Waals surface area contributed by atoms with Gasteiger partial charge in [-0.15, -0.1) is 0 Å². The van der Waals surface area contributed by atoms with E-state index in [9.17, 15) is 28.2 Å². The maximum absolute atomic E-state index is 11.3. The molecule has 9 heteroatoms. The van der Waals surface area contributed by atoms with Crippen LogP contribution in [0.15, 0.2) is 12.1 Å². The zero-order chi connectivity index (χ0) is 20.7. The van der Waals surface area contributed by atoms with Gasteiger partial charge in [0.05, 0.1) is 0 Å². The molecule has 28 heavy (non-hydrogen) atoms. The van der Waals surface area contributed by atoms with Gasteiger partial charge in [0, 0.05) is 11.5 Å². The Kier molecular flexibility index (Phi) is 5.31. The second-order valence-corrected chi connectivity index (χ2v) is 7.66. The van der Waals surface area contributed by atoms with Gasteiger partial charge in [-0.3, -0.25) is 0 Å². The summed E-state index contributed by atoms with van der Waals surface area (Å²) >= 11 is 0. The molecule has 4 N–H and O–H groups in total. The fourth-order valence-electron chi connectivity index (χ4n) is 5.14. The Balaban J connectivity index is 0.000000279. The van der Waals surface area contributed by atoms with Crippen molar-refractivity contribution in [3.63, 3.8) is 0 Å². The summed E-state index contributed by atoms with van der Waals surface area (Å²) in [7, 11) is 0. The third-order valence-corrected chi connectivity index (χ3v) is 6.23. The molecule has 2 fully saturated rings. The molecule has 1 aliphatic heterocycles. The molecule has 1 heterocycles. The van der Waals surface area contributed by atoms with E-state index in [-0.39, 0.29) is 16.7 Å². The van der Waals surface area contributed by atoms with E-state index in [2.05, 4.69) is 5.32 Å². The zero-order valence-electron chi connectivity index (χ0n) is 15.1. The topological polar surface area (TPSA) is 107 Å². The molecular weight excluding hydrogens is 379 g/mol. The molecule has 3 aliphatic rings. The highest BCUT2D eigenvalue weighted by molar-refractivity contribution is 5.91. The molecule has 1 saturated carbocycles. The molecule has 2 aliphatic carbocycles. The maximum atomic E-state index is 11.3. The molecule has 154 valence electrons. The minimum absolute atomic E-state index is 0.0393. The van der Waals surface area contributed by atoms with Crippen LogP contribution in [-0.2, 0) is 16.6 Å². The number of hydrogen-bond donors (Lipinski definition) is 4. The second kappa shape index (κ2) is 7.27. The first-order valence-corrected chi connectivity index (χ1v) is 9.19. The Morgan fingerprint density at radius 3 is 2.43 bits per heavy atom. The lowest BCUT2D eigenvalue weighted by Crippen LogP contribution is -2.59. The van der Waals surface area contributed by atoms with E-state index < -0.39 is 18.1 Å². The van der Waals surface area contributed by atoms with Gasteiger partial charge in [-0.05, 0) is 61.4 Å². The van der Waals surface area contributed by atoms with Crippen molar-refractivity contribution < 1.29 is 38.1 Å². The number of halogens is 3. The highest BCUT2D eigenvalue weighted by Gasteiger charge is 2.51. The van der Waals surface area contributed by atoms with Crippen molar-refractivity contribution in [1.29, 1.82) is 0 Å². The van der Waals surface area contributed by atoms with Gasteiger partial charge in [-0.25, -0.2) is 9.59 Å². The van der Waals surface area contributed by atoms with Crippen LogP contribution in [0.4, 0.5) is 13.2 Å². The lowest BCUT2D eigenvalue weighted by atomic mass is 9.52. The molecule has 0 amide bonds. The van der Waals surface area contributed by atoms with E-state index in [1.54, 1.807) is 12.1 Å². The summed E-state index contributed by atoms with van der Waals surface area (Å²) in [6.07, 6.45) is 1.87. The Morgan fingerprint density at radius 1 is 1.14 bits per heavy atom. The zero-order valence-corrected chi connectivity index (χ0v) is 15.1. The van der Waals surface area contributed by atoms with Crippen LogP contribution in [-0.4, -0.2) is 46.0 Å². The summed E-state index contributed by atoms with van der Waals surface area (Å²) < 4.78 is 31.7. The standard InChI is InChI=1S/C17H21NO3.C2HF3O2/c19-15-9-13-10(7-11(15)16(20)21)8-14-12-3-1-2-4-17(12,13)5-6-18-14;3-2(4,5)1(6)7/h7,9,12,14,18-19H,1-6,8H2,(H,20,21);(H,6,7)/t12-,14+,17+;/m1./s1. The van der Waals surface area contributed by atoms with Crippen LogP contribution >= 0.6 is 0 Å². The molecule has 1 aromatic carbocycles. The fourth-order valence-corrected chi connectivity index (χ4v) is 5.14. The first kappa shape index (κ1) is 20.4. The third-order valence-electron chi connectivity index (χ3n) is 6.23. The Morgan fingerprint density at radius 2 is 1.82 bits per heavy atom. The van der Waals surface area contributed by atoms with Crippen LogP contribution in [0.3, 0.4) is 0 Å². The summed E-state index contributed by atoms with van der Waals surface area (Å²) in [5.74, 6) is -3.23. The molecule has 1 aromatic rings. The Labute approximate surface area is 159 Å². The van der Waals surface area contributed by atoms with Gasteiger partial charge >= 0.3 is 18.1 Å². The third kappa shape index (κ3) is 3.55. The molecule has 0 aromatic heterocycles. The number of carboxylic acids is 2. The highest BCUT2D eigenvalue weighted by Crippen LogP contribution is 2.54. The van der Waals surface area contributed by atoms with Crippen LogP contribution in [0.1, 0.15) is 53.6 Å². The normalized spacial score (nSPS) is 28.2. The van der Waals surface area contributed by atoms with Gasteiger partial charge in [-0.1, -0.05) is 12.8 Å². The van der Waals surface area contributed by atoms with Gasteiger partial charge in [0.15, 0.2) is 0 Å². The van der Waals surface area contributed by atoms with Gasteiger partial charge in [0.2, 0.25) is 0 Å².